The fourth-order valence-electron chi connectivity index (χ4n) is 1.29. The summed E-state index contributed by atoms with van der Waals surface area (Å²) in [7, 11) is 0. The van der Waals surface area contributed by atoms with Gasteiger partial charge in [0.25, 0.3) is 0 Å². The zero-order valence-electron chi connectivity index (χ0n) is 10.3. The van der Waals surface area contributed by atoms with E-state index in [0.717, 1.165) is 39.3 Å². The van der Waals surface area contributed by atoms with E-state index in [9.17, 15) is 0 Å². The van der Waals surface area contributed by atoms with Crippen molar-refractivity contribution >= 4 is 0 Å². The van der Waals surface area contributed by atoms with Gasteiger partial charge in [0, 0.05) is 32.2 Å². The van der Waals surface area contributed by atoms with Gasteiger partial charge >= 0.3 is 0 Å². The molecule has 0 heterocycles. The van der Waals surface area contributed by atoms with E-state index in [2.05, 4.69) is 29.8 Å². The van der Waals surface area contributed by atoms with E-state index in [4.69, 9.17) is 5.73 Å². The molecule has 0 rings (SSSR count). The molecule has 0 aromatic rings. The summed E-state index contributed by atoms with van der Waals surface area (Å²) in [4.78, 5) is 0. The van der Waals surface area contributed by atoms with Gasteiger partial charge in [-0.15, -0.1) is 0 Å². The monoisotopic (exact) mass is 216 g/mol. The van der Waals surface area contributed by atoms with Crippen molar-refractivity contribution in [2.45, 2.75) is 32.7 Å². The normalized spacial score (nSPS) is 11.2. The highest BCUT2D eigenvalue weighted by molar-refractivity contribution is 4.56. The maximum atomic E-state index is 5.36. The fraction of sp³-hybridized carbons (Fsp3) is 1.00. The second-order valence-electron chi connectivity index (χ2n) is 4.10. The summed E-state index contributed by atoms with van der Waals surface area (Å²) in [5.74, 6) is 0. The number of nitrogens with one attached hydrogen (secondary N) is 3. The highest BCUT2D eigenvalue weighted by atomic mass is 14.9. The molecule has 0 saturated heterocycles. The lowest BCUT2D eigenvalue weighted by atomic mass is 10.3. The Bertz CT molecular complexity index is 117. The molecule has 0 atom stereocenters. The minimum absolute atomic E-state index is 0.610. The zero-order valence-corrected chi connectivity index (χ0v) is 10.3. The minimum Gasteiger partial charge on any atom is -0.329 e. The predicted octanol–water partition coefficient (Wildman–Crippen LogP) is -0.0975. The first-order valence-electron chi connectivity index (χ1n) is 6.12. The lowest BCUT2D eigenvalue weighted by Gasteiger charge is -2.08. The SMILES string of the molecule is CC(C)NCCCCNCCNCCN. The van der Waals surface area contributed by atoms with Crippen LogP contribution in [0.5, 0.6) is 0 Å². The Morgan fingerprint density at radius 2 is 1.47 bits per heavy atom. The second kappa shape index (κ2) is 11.9. The largest absolute Gasteiger partial charge is 0.329 e. The molecule has 0 amide bonds. The van der Waals surface area contributed by atoms with Crippen molar-refractivity contribution in [3.05, 3.63) is 0 Å². The molecule has 0 unspecified atom stereocenters. The molecule has 0 aliphatic heterocycles. The molecule has 0 aliphatic rings. The molecule has 0 bridgehead atoms. The van der Waals surface area contributed by atoms with E-state index in [1.54, 1.807) is 0 Å². The van der Waals surface area contributed by atoms with Gasteiger partial charge in [0.2, 0.25) is 0 Å². The molecule has 0 aromatic carbocycles. The van der Waals surface area contributed by atoms with E-state index in [0.29, 0.717) is 6.04 Å². The molecule has 15 heavy (non-hydrogen) atoms. The maximum Gasteiger partial charge on any atom is 0.00772 e. The highest BCUT2D eigenvalue weighted by Gasteiger charge is 1.92. The first-order valence-corrected chi connectivity index (χ1v) is 6.12. The molecule has 92 valence electrons. The maximum absolute atomic E-state index is 5.36. The van der Waals surface area contributed by atoms with Crippen LogP contribution in [0, 0.1) is 0 Å². The van der Waals surface area contributed by atoms with Gasteiger partial charge in [0.15, 0.2) is 0 Å². The average Bonchev–Trinajstić information content (AvgIpc) is 2.20. The first-order chi connectivity index (χ1) is 7.27. The van der Waals surface area contributed by atoms with Crippen LogP contribution in [0.15, 0.2) is 0 Å². The number of hydrogen-bond donors (Lipinski definition) is 4. The standard InChI is InChI=1S/C11H28N4/c1-11(2)15-7-4-3-6-13-9-10-14-8-5-12/h11,13-15H,3-10,12H2,1-2H3. The molecule has 4 heteroatoms. The van der Waals surface area contributed by atoms with Crippen LogP contribution in [-0.4, -0.2) is 45.3 Å². The van der Waals surface area contributed by atoms with E-state index < -0.39 is 0 Å². The summed E-state index contributed by atoms with van der Waals surface area (Å²) in [5.41, 5.74) is 5.36. The third-order valence-corrected chi connectivity index (χ3v) is 2.13. The molecular weight excluding hydrogens is 188 g/mol. The summed E-state index contributed by atoms with van der Waals surface area (Å²) in [6, 6.07) is 0.610. The first kappa shape index (κ1) is 14.8. The van der Waals surface area contributed by atoms with Crippen molar-refractivity contribution < 1.29 is 0 Å². The van der Waals surface area contributed by atoms with E-state index in [1.807, 2.05) is 0 Å². The minimum atomic E-state index is 0.610. The van der Waals surface area contributed by atoms with Crippen molar-refractivity contribution in [3.8, 4) is 0 Å². The van der Waals surface area contributed by atoms with Crippen LogP contribution in [0.4, 0.5) is 0 Å². The average molecular weight is 216 g/mol. The molecule has 0 fully saturated rings. The van der Waals surface area contributed by atoms with Crippen LogP contribution < -0.4 is 21.7 Å². The quantitative estimate of drug-likeness (QED) is 0.364. The van der Waals surface area contributed by atoms with Gasteiger partial charge in [-0.05, 0) is 25.9 Å². The Labute approximate surface area is 94.4 Å². The van der Waals surface area contributed by atoms with Gasteiger partial charge in [-0.25, -0.2) is 0 Å². The Hall–Kier alpha value is -0.160. The topological polar surface area (TPSA) is 62.1 Å². The van der Waals surface area contributed by atoms with Crippen molar-refractivity contribution in [1.29, 1.82) is 0 Å². The van der Waals surface area contributed by atoms with Crippen molar-refractivity contribution in [2.24, 2.45) is 5.73 Å². The van der Waals surface area contributed by atoms with Crippen LogP contribution in [0.1, 0.15) is 26.7 Å². The Kier molecular flexibility index (Phi) is 11.8. The van der Waals surface area contributed by atoms with Crippen LogP contribution in [0.3, 0.4) is 0 Å². The summed E-state index contributed by atoms with van der Waals surface area (Å²) < 4.78 is 0. The van der Waals surface area contributed by atoms with Gasteiger partial charge in [0.05, 0.1) is 0 Å². The molecule has 5 N–H and O–H groups in total. The van der Waals surface area contributed by atoms with E-state index >= 15 is 0 Å². The summed E-state index contributed by atoms with van der Waals surface area (Å²) in [6.07, 6.45) is 2.50. The van der Waals surface area contributed by atoms with Gasteiger partial charge in [-0.2, -0.15) is 0 Å². The number of rotatable bonds is 11. The van der Waals surface area contributed by atoms with Crippen molar-refractivity contribution in [3.63, 3.8) is 0 Å². The number of nitrogens with two attached hydrogens (primary N) is 1. The third-order valence-electron chi connectivity index (χ3n) is 2.13. The van der Waals surface area contributed by atoms with Crippen LogP contribution in [0.2, 0.25) is 0 Å². The summed E-state index contributed by atoms with van der Waals surface area (Å²) in [6.45, 7) is 10.3. The second-order valence-corrected chi connectivity index (χ2v) is 4.10. The third kappa shape index (κ3) is 13.8. The van der Waals surface area contributed by atoms with Crippen LogP contribution in [0.25, 0.3) is 0 Å². The van der Waals surface area contributed by atoms with Gasteiger partial charge in [-0.1, -0.05) is 13.8 Å². The Morgan fingerprint density at radius 3 is 2.07 bits per heavy atom. The molecule has 0 aliphatic carbocycles. The fourth-order valence-corrected chi connectivity index (χ4v) is 1.29. The van der Waals surface area contributed by atoms with E-state index in [1.165, 1.54) is 12.8 Å². The van der Waals surface area contributed by atoms with Gasteiger partial charge in [0.1, 0.15) is 0 Å². The molecule has 4 nitrogen and oxygen atoms in total. The van der Waals surface area contributed by atoms with Crippen molar-refractivity contribution in [1.82, 2.24) is 16.0 Å². The Morgan fingerprint density at radius 1 is 0.867 bits per heavy atom. The van der Waals surface area contributed by atoms with Gasteiger partial charge in [-0.3, -0.25) is 0 Å². The highest BCUT2D eigenvalue weighted by Crippen LogP contribution is 1.85. The van der Waals surface area contributed by atoms with Gasteiger partial charge < -0.3 is 21.7 Å². The number of unbranched alkanes of at least 4 members (excludes halogenated alkanes) is 1. The zero-order chi connectivity index (χ0) is 11.4. The molecule has 0 aromatic heterocycles. The smallest absolute Gasteiger partial charge is 0.00772 e. The lowest BCUT2D eigenvalue weighted by Crippen LogP contribution is -2.31. The van der Waals surface area contributed by atoms with Crippen LogP contribution in [-0.2, 0) is 0 Å². The molecular formula is C11H28N4. The van der Waals surface area contributed by atoms with E-state index in [-0.39, 0.29) is 0 Å². The number of hydrogen-bond acceptors (Lipinski definition) is 4. The molecule has 0 saturated carbocycles. The van der Waals surface area contributed by atoms with Crippen molar-refractivity contribution in [2.75, 3.05) is 39.3 Å². The summed E-state index contributed by atoms with van der Waals surface area (Å²) >= 11 is 0. The summed E-state index contributed by atoms with van der Waals surface area (Å²) in [5, 5.41) is 10.1. The Balaban J connectivity index is 2.87. The molecule has 0 spiro atoms. The predicted molar refractivity (Wildman–Crippen MR) is 67.2 cm³/mol. The lowest BCUT2D eigenvalue weighted by molar-refractivity contribution is 0.536. The van der Waals surface area contributed by atoms with Crippen LogP contribution >= 0.6 is 0 Å². The molecule has 0 radical (unpaired) electrons.